The topological polar surface area (TPSA) is 34.1 Å². The number of rotatable bonds is 9. The highest BCUT2D eigenvalue weighted by Crippen LogP contribution is 2.56. The van der Waals surface area contributed by atoms with Crippen LogP contribution in [-0.4, -0.2) is 0 Å². The molecular formula is C46H16F20O2P2. The molecule has 0 amide bonds. The summed E-state index contributed by atoms with van der Waals surface area (Å²) in [5, 5.41) is -11.2. The minimum Gasteiger partial charge on any atom is -0.313 e. The molecule has 0 N–H and O–H groups in total. The van der Waals surface area contributed by atoms with Crippen LogP contribution in [0.2, 0.25) is 0 Å². The summed E-state index contributed by atoms with van der Waals surface area (Å²) in [5.74, 6) is -60.2. The second-order valence-electron chi connectivity index (χ2n) is 15.1. The number of halogens is 20. The molecule has 0 fully saturated rings. The second-order valence-corrected chi connectivity index (χ2v) is 20.5. The smallest absolute Gasteiger partial charge is 0.200 e. The molecule has 2 nitrogen and oxygen atoms in total. The Morgan fingerprint density at radius 3 is 0.686 bits per heavy atom. The van der Waals surface area contributed by atoms with Gasteiger partial charge in [0.2, 0.25) is 23.3 Å². The van der Waals surface area contributed by atoms with Crippen molar-refractivity contribution in [2.75, 3.05) is 0 Å². The van der Waals surface area contributed by atoms with Crippen molar-refractivity contribution >= 4 is 57.0 Å². The third-order valence-corrected chi connectivity index (χ3v) is 17.3. The lowest BCUT2D eigenvalue weighted by molar-refractivity contribution is 0.381. The summed E-state index contributed by atoms with van der Waals surface area (Å²) in [6.07, 6.45) is -4.11. The molecule has 0 aliphatic heterocycles. The first-order valence-corrected chi connectivity index (χ1v) is 22.9. The van der Waals surface area contributed by atoms with Crippen molar-refractivity contribution in [1.82, 2.24) is 0 Å². The molecule has 0 unspecified atom stereocenters. The van der Waals surface area contributed by atoms with E-state index in [-0.39, 0.29) is 21.5 Å². The van der Waals surface area contributed by atoms with Crippen LogP contribution < -0.4 is 21.2 Å². The van der Waals surface area contributed by atoms with E-state index in [0.29, 0.717) is 0 Å². The predicted molar refractivity (Wildman–Crippen MR) is 213 cm³/mol. The van der Waals surface area contributed by atoms with E-state index in [1.165, 1.54) is 36.4 Å². The van der Waals surface area contributed by atoms with E-state index in [1.807, 2.05) is 0 Å². The standard InChI is InChI=1S/C46H16F20O2P2/c47-23-27(51)35(59)43(36(60)28(23)52)69(67,44-37(61)29(53)24(48)30(54)38(44)62)13-17-11-9-15-5-1-3-7-19(15)21(17)22-18(12-10-16-6-2-4-8-20(16)22)14-70(68,45-39(63)31(55)25(49)32(56)40(45)64)46-41(65)33(57)26(50)34(58)42(46)66/h1-12H,13-14H2. The maximum absolute atomic E-state index is 15.9. The van der Waals surface area contributed by atoms with E-state index in [2.05, 4.69) is 0 Å². The van der Waals surface area contributed by atoms with Crippen molar-refractivity contribution in [1.29, 1.82) is 0 Å². The molecule has 70 heavy (non-hydrogen) atoms. The fraction of sp³-hybridized carbons (Fsp3) is 0.0435. The molecule has 0 atom stereocenters. The van der Waals surface area contributed by atoms with Crippen molar-refractivity contribution in [3.63, 3.8) is 0 Å². The Morgan fingerprint density at radius 1 is 0.257 bits per heavy atom. The van der Waals surface area contributed by atoms with E-state index in [1.54, 1.807) is 0 Å². The molecule has 0 saturated heterocycles. The van der Waals surface area contributed by atoms with Gasteiger partial charge in [0, 0.05) is 12.3 Å². The van der Waals surface area contributed by atoms with Crippen LogP contribution in [0.1, 0.15) is 11.1 Å². The van der Waals surface area contributed by atoms with Gasteiger partial charge in [-0.25, -0.2) is 87.8 Å². The molecule has 0 aromatic heterocycles. The molecule has 0 aliphatic carbocycles. The van der Waals surface area contributed by atoms with Crippen LogP contribution >= 0.6 is 14.3 Å². The molecule has 0 aliphatic rings. The van der Waals surface area contributed by atoms with Gasteiger partial charge in [0.15, 0.2) is 107 Å². The summed E-state index contributed by atoms with van der Waals surface area (Å²) in [6.45, 7) is 0. The van der Waals surface area contributed by atoms with Crippen molar-refractivity contribution in [3.05, 3.63) is 200 Å². The molecule has 8 aromatic rings. The average molecular weight is 1040 g/mol. The van der Waals surface area contributed by atoms with Gasteiger partial charge in [-0.15, -0.1) is 0 Å². The van der Waals surface area contributed by atoms with E-state index < -0.39 is 186 Å². The number of fused-ring (bicyclic) bond motifs is 2. The minimum atomic E-state index is -6.72. The molecule has 0 radical (unpaired) electrons. The van der Waals surface area contributed by atoms with Gasteiger partial charge in [-0.1, -0.05) is 72.8 Å². The number of hydrogen-bond donors (Lipinski definition) is 0. The SMILES string of the molecule is O=P(Cc1ccc2ccccc2c1-c1c(CP(=O)(c2c(F)c(F)c(F)c(F)c2F)c2c(F)c(F)c(F)c(F)c2F)ccc2ccccc12)(c1c(F)c(F)c(F)c(F)c1F)c1c(F)c(F)c(F)c(F)c1F. The normalized spacial score (nSPS) is 12.2. The van der Waals surface area contributed by atoms with Crippen molar-refractivity contribution in [3.8, 4) is 11.1 Å². The fourth-order valence-electron chi connectivity index (χ4n) is 8.15. The molecule has 8 rings (SSSR count). The summed E-state index contributed by atoms with van der Waals surface area (Å²) in [4.78, 5) is 0. The molecule has 8 aromatic carbocycles. The molecular weight excluding hydrogens is 1030 g/mol. The maximum Gasteiger partial charge on any atom is 0.200 e. The lowest BCUT2D eigenvalue weighted by Gasteiger charge is -2.27. The van der Waals surface area contributed by atoms with Crippen molar-refractivity contribution < 1.29 is 96.9 Å². The lowest BCUT2D eigenvalue weighted by Crippen LogP contribution is -2.32. The Labute approximate surface area is 377 Å². The van der Waals surface area contributed by atoms with Crippen LogP contribution in [0.4, 0.5) is 87.8 Å². The minimum absolute atomic E-state index is 0.0369. The Kier molecular flexibility index (Phi) is 12.5. The summed E-state index contributed by atoms with van der Waals surface area (Å²) in [7, 11) is -13.4. The summed E-state index contributed by atoms with van der Waals surface area (Å²) >= 11 is 0. The zero-order valence-corrected chi connectivity index (χ0v) is 35.4. The lowest BCUT2D eigenvalue weighted by atomic mass is 9.88. The highest BCUT2D eigenvalue weighted by Gasteiger charge is 2.48. The van der Waals surface area contributed by atoms with Gasteiger partial charge in [0.25, 0.3) is 0 Å². The molecule has 24 heteroatoms. The van der Waals surface area contributed by atoms with E-state index in [0.717, 1.165) is 36.4 Å². The third-order valence-electron chi connectivity index (χ3n) is 11.3. The zero-order valence-electron chi connectivity index (χ0n) is 33.6. The maximum atomic E-state index is 15.9. The van der Waals surface area contributed by atoms with Crippen LogP contribution in [-0.2, 0) is 21.5 Å². The van der Waals surface area contributed by atoms with Gasteiger partial charge < -0.3 is 9.13 Å². The highest BCUT2D eigenvalue weighted by atomic mass is 31.2. The van der Waals surface area contributed by atoms with Gasteiger partial charge in [-0.05, 0) is 43.8 Å². The highest BCUT2D eigenvalue weighted by molar-refractivity contribution is 7.78. The van der Waals surface area contributed by atoms with Gasteiger partial charge in [0.1, 0.15) is 0 Å². The Bertz CT molecular complexity index is 3210. The second kappa shape index (κ2) is 17.6. The van der Waals surface area contributed by atoms with Gasteiger partial charge >= 0.3 is 0 Å². The fourth-order valence-corrected chi connectivity index (χ4v) is 14.0. The largest absolute Gasteiger partial charge is 0.313 e. The molecule has 0 heterocycles. The Morgan fingerprint density at radius 2 is 0.457 bits per heavy atom. The summed E-state index contributed by atoms with van der Waals surface area (Å²) in [5.41, 5.74) is -3.32. The van der Waals surface area contributed by atoms with Crippen LogP contribution in [0.15, 0.2) is 72.8 Å². The molecule has 0 spiro atoms. The Hall–Kier alpha value is -6.66. The van der Waals surface area contributed by atoms with Crippen molar-refractivity contribution in [2.45, 2.75) is 12.3 Å². The Balaban J connectivity index is 1.55. The quantitative estimate of drug-likeness (QED) is 0.0625. The number of benzene rings is 8. The monoisotopic (exact) mass is 1040 g/mol. The van der Waals surface area contributed by atoms with Gasteiger partial charge in [-0.3, -0.25) is 0 Å². The van der Waals surface area contributed by atoms with E-state index >= 15 is 44.3 Å². The van der Waals surface area contributed by atoms with E-state index in [9.17, 15) is 52.7 Å². The third kappa shape index (κ3) is 7.26. The van der Waals surface area contributed by atoms with E-state index in [4.69, 9.17) is 0 Å². The molecule has 0 bridgehead atoms. The first-order chi connectivity index (χ1) is 32.8. The van der Waals surface area contributed by atoms with Gasteiger partial charge in [-0.2, -0.15) is 0 Å². The summed E-state index contributed by atoms with van der Waals surface area (Å²) in [6, 6.07) is 13.2. The first kappa shape index (κ1) is 49.8. The average Bonchev–Trinajstić information content (AvgIpc) is 3.34. The number of hydrogen-bond acceptors (Lipinski definition) is 2. The zero-order chi connectivity index (χ0) is 51.4. The summed E-state index contributed by atoms with van der Waals surface area (Å²) < 4.78 is 335. The van der Waals surface area contributed by atoms with Crippen LogP contribution in [0, 0.1) is 116 Å². The first-order valence-electron chi connectivity index (χ1n) is 19.1. The molecule has 362 valence electrons. The van der Waals surface area contributed by atoms with Gasteiger partial charge in [0.05, 0.1) is 21.2 Å². The predicted octanol–water partition coefficient (Wildman–Crippen LogP) is 13.5. The molecule has 0 saturated carbocycles. The van der Waals surface area contributed by atoms with Crippen LogP contribution in [0.25, 0.3) is 32.7 Å². The van der Waals surface area contributed by atoms with Crippen LogP contribution in [0.3, 0.4) is 0 Å². The van der Waals surface area contributed by atoms with Crippen LogP contribution in [0.5, 0.6) is 0 Å². The van der Waals surface area contributed by atoms with Crippen molar-refractivity contribution in [2.24, 2.45) is 0 Å².